The highest BCUT2D eigenvalue weighted by Gasteiger charge is 2.15. The van der Waals surface area contributed by atoms with Crippen LogP contribution in [-0.2, 0) is 9.47 Å². The molecule has 0 aliphatic rings. The minimum Gasteiger partial charge on any atom is -0.352 e. The summed E-state index contributed by atoms with van der Waals surface area (Å²) in [5, 5.41) is 10.8. The van der Waals surface area contributed by atoms with Crippen LogP contribution in [0, 0.1) is 10.1 Å². The highest BCUT2D eigenvalue weighted by Crippen LogP contribution is 2.29. The zero-order valence-electron chi connectivity index (χ0n) is 10.5. The number of para-hydroxylation sites is 1. The molecule has 6 heteroatoms. The molecule has 1 aromatic rings. The van der Waals surface area contributed by atoms with E-state index in [2.05, 4.69) is 0 Å². The summed E-state index contributed by atoms with van der Waals surface area (Å²) in [5.41, 5.74) is 0.120. The predicted octanol–water partition coefficient (Wildman–Crippen LogP) is 3.09. The maximum absolute atomic E-state index is 10.8. The number of ether oxygens (including phenoxy) is 2. The molecule has 0 heterocycles. The van der Waals surface area contributed by atoms with Crippen LogP contribution in [0.4, 0.5) is 5.69 Å². The Bertz CT molecular complexity index is 380. The number of thioether (sulfide) groups is 1. The molecule has 100 valence electrons. The molecule has 0 amide bonds. The van der Waals surface area contributed by atoms with Crippen molar-refractivity contribution in [3.05, 3.63) is 34.4 Å². The molecule has 0 N–H and O–H groups in total. The highest BCUT2D eigenvalue weighted by atomic mass is 32.2. The fourth-order valence-corrected chi connectivity index (χ4v) is 2.38. The van der Waals surface area contributed by atoms with Gasteiger partial charge in [0, 0.05) is 25.0 Å². The molecule has 1 aromatic carbocycles. The Morgan fingerprint density at radius 3 is 2.44 bits per heavy atom. The number of nitro benzene ring substituents is 1. The monoisotopic (exact) mass is 271 g/mol. The van der Waals surface area contributed by atoms with Gasteiger partial charge in [-0.15, -0.1) is 11.8 Å². The Balaban J connectivity index is 2.63. The lowest BCUT2D eigenvalue weighted by Gasteiger charge is -2.16. The molecule has 1 rings (SSSR count). The molecule has 0 spiro atoms. The number of nitrogens with zero attached hydrogens (tertiary/aromatic N) is 1. The third-order valence-electron chi connectivity index (χ3n) is 2.14. The van der Waals surface area contributed by atoms with Gasteiger partial charge < -0.3 is 9.47 Å². The molecule has 0 saturated carbocycles. The van der Waals surface area contributed by atoms with Crippen LogP contribution in [0.5, 0.6) is 0 Å². The second-order valence-corrected chi connectivity index (χ2v) is 4.44. The third kappa shape index (κ3) is 4.64. The van der Waals surface area contributed by atoms with Crippen LogP contribution in [-0.4, -0.2) is 30.2 Å². The summed E-state index contributed by atoms with van der Waals surface area (Å²) in [6.07, 6.45) is -0.329. The van der Waals surface area contributed by atoms with Crippen molar-refractivity contribution in [1.82, 2.24) is 0 Å². The summed E-state index contributed by atoms with van der Waals surface area (Å²) >= 11 is 1.37. The first kappa shape index (κ1) is 14.9. The summed E-state index contributed by atoms with van der Waals surface area (Å²) in [6, 6.07) is 6.67. The fourth-order valence-electron chi connectivity index (χ4n) is 1.40. The number of hydrogen-bond donors (Lipinski definition) is 0. The van der Waals surface area contributed by atoms with E-state index in [9.17, 15) is 10.1 Å². The number of rotatable bonds is 8. The lowest BCUT2D eigenvalue weighted by molar-refractivity contribution is -0.387. The minimum absolute atomic E-state index is 0.120. The van der Waals surface area contributed by atoms with Crippen molar-refractivity contribution < 1.29 is 14.4 Å². The van der Waals surface area contributed by atoms with E-state index in [-0.39, 0.29) is 16.9 Å². The number of nitro groups is 1. The summed E-state index contributed by atoms with van der Waals surface area (Å²) in [6.45, 7) is 4.90. The molecule has 0 atom stereocenters. The van der Waals surface area contributed by atoms with Crippen LogP contribution in [0.15, 0.2) is 29.2 Å². The van der Waals surface area contributed by atoms with Crippen LogP contribution in [0.25, 0.3) is 0 Å². The Labute approximate surface area is 111 Å². The maximum atomic E-state index is 10.8. The molecule has 5 nitrogen and oxygen atoms in total. The largest absolute Gasteiger partial charge is 0.352 e. The third-order valence-corrected chi connectivity index (χ3v) is 3.24. The Kier molecular flexibility index (Phi) is 6.70. The van der Waals surface area contributed by atoms with Crippen LogP contribution < -0.4 is 0 Å². The zero-order chi connectivity index (χ0) is 13.4. The first-order chi connectivity index (χ1) is 8.69. The Morgan fingerprint density at radius 2 is 1.89 bits per heavy atom. The van der Waals surface area contributed by atoms with Gasteiger partial charge in [-0.1, -0.05) is 12.1 Å². The maximum Gasteiger partial charge on any atom is 0.282 e. The van der Waals surface area contributed by atoms with E-state index in [1.54, 1.807) is 18.2 Å². The molecule has 0 bridgehead atoms. The Morgan fingerprint density at radius 1 is 1.28 bits per heavy atom. The lowest BCUT2D eigenvalue weighted by Crippen LogP contribution is -2.20. The summed E-state index contributed by atoms with van der Waals surface area (Å²) in [7, 11) is 0. The van der Waals surface area contributed by atoms with Gasteiger partial charge >= 0.3 is 0 Å². The van der Waals surface area contributed by atoms with E-state index in [0.717, 1.165) is 0 Å². The molecule has 18 heavy (non-hydrogen) atoms. The van der Waals surface area contributed by atoms with Crippen molar-refractivity contribution in [3.63, 3.8) is 0 Å². The van der Waals surface area contributed by atoms with Gasteiger partial charge in [0.1, 0.15) is 0 Å². The fraction of sp³-hybridized carbons (Fsp3) is 0.500. The molecular formula is C12H17NO4S. The number of benzene rings is 1. The van der Waals surface area contributed by atoms with Gasteiger partial charge in [-0.25, -0.2) is 0 Å². The van der Waals surface area contributed by atoms with Gasteiger partial charge in [0.2, 0.25) is 0 Å². The molecule has 0 aliphatic carbocycles. The van der Waals surface area contributed by atoms with Gasteiger partial charge in [0.05, 0.1) is 9.82 Å². The zero-order valence-corrected chi connectivity index (χ0v) is 11.3. The van der Waals surface area contributed by atoms with Crippen LogP contribution in [0.1, 0.15) is 13.8 Å². The average molecular weight is 271 g/mol. The second-order valence-electron chi connectivity index (χ2n) is 3.38. The molecule has 0 aromatic heterocycles. The number of hydrogen-bond acceptors (Lipinski definition) is 5. The topological polar surface area (TPSA) is 61.6 Å². The van der Waals surface area contributed by atoms with Crippen molar-refractivity contribution in [3.8, 4) is 0 Å². The minimum atomic E-state index is -0.376. The highest BCUT2D eigenvalue weighted by molar-refractivity contribution is 7.99. The Hall–Kier alpha value is -1.11. The molecule has 0 unspecified atom stereocenters. The molecule has 0 radical (unpaired) electrons. The van der Waals surface area contributed by atoms with E-state index in [1.807, 2.05) is 13.8 Å². The van der Waals surface area contributed by atoms with E-state index in [1.165, 1.54) is 17.8 Å². The normalized spacial score (nSPS) is 10.8. The first-order valence-electron chi connectivity index (χ1n) is 5.78. The summed E-state index contributed by atoms with van der Waals surface area (Å²) in [5.74, 6) is 0.534. The van der Waals surface area contributed by atoms with Crippen LogP contribution in [0.3, 0.4) is 0 Å². The van der Waals surface area contributed by atoms with E-state index in [4.69, 9.17) is 9.47 Å². The van der Waals surface area contributed by atoms with Gasteiger partial charge in [-0.2, -0.15) is 0 Å². The molecule has 0 aliphatic heterocycles. The summed E-state index contributed by atoms with van der Waals surface area (Å²) < 4.78 is 10.8. The van der Waals surface area contributed by atoms with E-state index in [0.29, 0.717) is 23.9 Å². The van der Waals surface area contributed by atoms with Gasteiger partial charge in [-0.3, -0.25) is 10.1 Å². The average Bonchev–Trinajstić information content (AvgIpc) is 2.36. The summed E-state index contributed by atoms with van der Waals surface area (Å²) in [4.78, 5) is 11.1. The lowest BCUT2D eigenvalue weighted by atomic mass is 10.3. The van der Waals surface area contributed by atoms with Crippen molar-refractivity contribution in [2.75, 3.05) is 19.0 Å². The van der Waals surface area contributed by atoms with Crippen molar-refractivity contribution >= 4 is 17.4 Å². The van der Waals surface area contributed by atoms with Crippen LogP contribution >= 0.6 is 11.8 Å². The van der Waals surface area contributed by atoms with Crippen LogP contribution in [0.2, 0.25) is 0 Å². The van der Waals surface area contributed by atoms with E-state index < -0.39 is 0 Å². The quantitative estimate of drug-likeness (QED) is 0.315. The van der Waals surface area contributed by atoms with Gasteiger partial charge in [-0.05, 0) is 19.9 Å². The standard InChI is InChI=1S/C12H17NO4S/c1-3-16-12(17-4-2)9-18-11-8-6-5-7-10(11)13(14)15/h5-8,12H,3-4,9H2,1-2H3. The van der Waals surface area contributed by atoms with Gasteiger partial charge in [0.15, 0.2) is 6.29 Å². The second kappa shape index (κ2) is 8.07. The molecule has 0 saturated heterocycles. The van der Waals surface area contributed by atoms with Gasteiger partial charge in [0.25, 0.3) is 5.69 Å². The molecule has 0 fully saturated rings. The van der Waals surface area contributed by atoms with Crippen molar-refractivity contribution in [2.45, 2.75) is 25.0 Å². The van der Waals surface area contributed by atoms with Crippen molar-refractivity contribution in [1.29, 1.82) is 0 Å². The van der Waals surface area contributed by atoms with Crippen molar-refractivity contribution in [2.24, 2.45) is 0 Å². The molecular weight excluding hydrogens is 254 g/mol. The SMILES string of the molecule is CCOC(CSc1ccccc1[N+](=O)[O-])OCC. The first-order valence-corrected chi connectivity index (χ1v) is 6.77. The van der Waals surface area contributed by atoms with E-state index >= 15 is 0 Å². The predicted molar refractivity (Wildman–Crippen MR) is 70.9 cm³/mol. The smallest absolute Gasteiger partial charge is 0.282 e.